The van der Waals surface area contributed by atoms with E-state index >= 15 is 0 Å². The lowest BCUT2D eigenvalue weighted by atomic mass is 9.77. The minimum absolute atomic E-state index is 0.139. The Morgan fingerprint density at radius 1 is 1.03 bits per heavy atom. The van der Waals surface area contributed by atoms with Gasteiger partial charge >= 0.3 is 5.97 Å². The Balaban J connectivity index is 1.94. The van der Waals surface area contributed by atoms with E-state index in [1.807, 2.05) is 62.4 Å². The van der Waals surface area contributed by atoms with E-state index in [9.17, 15) is 19.5 Å². The third kappa shape index (κ3) is 5.61. The second-order valence-corrected chi connectivity index (χ2v) is 8.79. The summed E-state index contributed by atoms with van der Waals surface area (Å²) in [4.78, 5) is 41.8. The molecular weight excluding hydrogens is 418 g/mol. The number of carboxylic acids is 1. The van der Waals surface area contributed by atoms with Gasteiger partial charge in [0.05, 0.1) is 11.8 Å². The molecule has 0 aliphatic carbocycles. The quantitative estimate of drug-likeness (QED) is 0.366. The number of aliphatic carboxylic acids is 1. The monoisotopic (exact) mass is 449 g/mol. The average molecular weight is 450 g/mol. The van der Waals surface area contributed by atoms with Gasteiger partial charge in [-0.2, -0.15) is 0 Å². The lowest BCUT2D eigenvalue weighted by molar-refractivity contribution is -0.143. The van der Waals surface area contributed by atoms with E-state index < -0.39 is 29.8 Å². The molecule has 3 aromatic rings. The Hall–Kier alpha value is -3.61. The second-order valence-electron chi connectivity index (χ2n) is 8.79. The number of fused-ring (bicyclic) bond motifs is 1. The topological polar surface area (TPSA) is 111 Å². The maximum atomic E-state index is 13.7. The van der Waals surface area contributed by atoms with Crippen molar-refractivity contribution < 1.29 is 19.5 Å². The number of hydrogen-bond donors (Lipinski definition) is 4. The van der Waals surface area contributed by atoms with Gasteiger partial charge in [0.2, 0.25) is 11.8 Å². The Morgan fingerprint density at radius 2 is 1.70 bits per heavy atom. The smallest absolute Gasteiger partial charge is 0.304 e. The third-order valence-electron chi connectivity index (χ3n) is 5.91. The average Bonchev–Trinajstić information content (AvgIpc) is 3.21. The Bertz CT molecular complexity index is 1090. The lowest BCUT2D eigenvalue weighted by Crippen LogP contribution is -2.53. The number of rotatable bonds is 10. The van der Waals surface area contributed by atoms with Crippen LogP contribution in [0.15, 0.2) is 60.7 Å². The summed E-state index contributed by atoms with van der Waals surface area (Å²) in [5.74, 6) is -1.76. The fourth-order valence-electron chi connectivity index (χ4n) is 4.11. The molecular formula is C26H31N3O4. The van der Waals surface area contributed by atoms with Gasteiger partial charge in [-0.3, -0.25) is 14.4 Å². The van der Waals surface area contributed by atoms with Crippen LogP contribution in [0.2, 0.25) is 0 Å². The summed E-state index contributed by atoms with van der Waals surface area (Å²) in [6.45, 7) is 5.73. The van der Waals surface area contributed by atoms with E-state index in [0.29, 0.717) is 17.8 Å². The maximum Gasteiger partial charge on any atom is 0.304 e. The van der Waals surface area contributed by atoms with Crippen molar-refractivity contribution in [3.8, 4) is 0 Å². The summed E-state index contributed by atoms with van der Waals surface area (Å²) in [6, 6.07) is 17.6. The molecule has 0 saturated carbocycles. The van der Waals surface area contributed by atoms with E-state index in [4.69, 9.17) is 0 Å². The van der Waals surface area contributed by atoms with Crippen LogP contribution < -0.4 is 10.6 Å². The van der Waals surface area contributed by atoms with Crippen LogP contribution in [0, 0.1) is 5.92 Å². The summed E-state index contributed by atoms with van der Waals surface area (Å²) in [7, 11) is 0. The summed E-state index contributed by atoms with van der Waals surface area (Å²) >= 11 is 0. The van der Waals surface area contributed by atoms with Gasteiger partial charge in [-0.15, -0.1) is 0 Å². The largest absolute Gasteiger partial charge is 0.481 e. The highest BCUT2D eigenvalue weighted by molar-refractivity contribution is 6.00. The predicted molar refractivity (Wildman–Crippen MR) is 129 cm³/mol. The first-order chi connectivity index (χ1) is 15.7. The van der Waals surface area contributed by atoms with Crippen molar-refractivity contribution in [3.63, 3.8) is 0 Å². The molecule has 0 aliphatic heterocycles. The zero-order valence-electron chi connectivity index (χ0n) is 19.2. The SMILES string of the molecule is CCC(CC(=O)O)(C(=O)NC(CC(C)C)C(=O)Nc1ccccc1)c1cc2ccccc2[nH]1. The number of benzene rings is 2. The molecule has 2 atom stereocenters. The van der Waals surface area contributed by atoms with Gasteiger partial charge in [-0.05, 0) is 48.4 Å². The number of carbonyl (C=O) groups is 3. The number of H-pyrrole nitrogens is 1. The molecule has 3 rings (SSSR count). The van der Waals surface area contributed by atoms with Crippen LogP contribution in [0.5, 0.6) is 0 Å². The van der Waals surface area contributed by atoms with E-state index in [-0.39, 0.29) is 18.2 Å². The fraction of sp³-hybridized carbons (Fsp3) is 0.346. The van der Waals surface area contributed by atoms with Crippen molar-refractivity contribution in [2.45, 2.75) is 51.5 Å². The molecule has 0 radical (unpaired) electrons. The minimum atomic E-state index is -1.34. The van der Waals surface area contributed by atoms with Crippen molar-refractivity contribution in [1.82, 2.24) is 10.3 Å². The highest BCUT2D eigenvalue weighted by atomic mass is 16.4. The second kappa shape index (κ2) is 10.3. The number of aromatic amines is 1. The van der Waals surface area contributed by atoms with E-state index in [1.54, 1.807) is 19.1 Å². The minimum Gasteiger partial charge on any atom is -0.481 e. The molecule has 0 fully saturated rings. The van der Waals surface area contributed by atoms with Gasteiger partial charge < -0.3 is 20.7 Å². The Morgan fingerprint density at radius 3 is 2.30 bits per heavy atom. The number of aromatic nitrogens is 1. The first-order valence-corrected chi connectivity index (χ1v) is 11.2. The number of anilines is 1. The van der Waals surface area contributed by atoms with Crippen molar-refractivity contribution in [2.24, 2.45) is 5.92 Å². The van der Waals surface area contributed by atoms with Crippen LogP contribution in [0.3, 0.4) is 0 Å². The number of nitrogens with one attached hydrogen (secondary N) is 3. The van der Waals surface area contributed by atoms with Crippen LogP contribution in [0.4, 0.5) is 5.69 Å². The highest BCUT2D eigenvalue weighted by Gasteiger charge is 2.43. The molecule has 0 saturated heterocycles. The standard InChI is InChI=1S/C26H31N3O4/c1-4-26(16-23(30)31,22-15-18-10-8-9-13-20(18)28-22)25(33)29-21(14-17(2)3)24(32)27-19-11-6-5-7-12-19/h5-13,15,17,21,28H,4,14,16H2,1-3H3,(H,27,32)(H,29,33)(H,30,31). The van der Waals surface area contributed by atoms with Crippen molar-refractivity contribution in [2.75, 3.05) is 5.32 Å². The van der Waals surface area contributed by atoms with Crippen LogP contribution in [0.1, 0.15) is 45.7 Å². The molecule has 2 aromatic carbocycles. The normalized spacial score (nSPS) is 13.9. The van der Waals surface area contributed by atoms with Crippen LogP contribution in [-0.4, -0.2) is 33.9 Å². The first kappa shape index (κ1) is 24.0. The van der Waals surface area contributed by atoms with Gasteiger partial charge in [-0.25, -0.2) is 0 Å². The summed E-state index contributed by atoms with van der Waals surface area (Å²) in [5.41, 5.74) is 0.642. The lowest BCUT2D eigenvalue weighted by Gasteiger charge is -2.31. The fourth-order valence-corrected chi connectivity index (χ4v) is 4.11. The number of para-hydroxylation sites is 2. The Kier molecular flexibility index (Phi) is 7.53. The van der Waals surface area contributed by atoms with Crippen LogP contribution in [0.25, 0.3) is 10.9 Å². The molecule has 1 heterocycles. The molecule has 174 valence electrons. The van der Waals surface area contributed by atoms with E-state index in [2.05, 4.69) is 15.6 Å². The van der Waals surface area contributed by atoms with Crippen molar-refractivity contribution >= 4 is 34.4 Å². The molecule has 7 heteroatoms. The van der Waals surface area contributed by atoms with Gasteiger partial charge in [0, 0.05) is 16.9 Å². The van der Waals surface area contributed by atoms with Crippen molar-refractivity contribution in [3.05, 3.63) is 66.4 Å². The van der Waals surface area contributed by atoms with Gasteiger partial charge in [0.25, 0.3) is 0 Å². The molecule has 4 N–H and O–H groups in total. The van der Waals surface area contributed by atoms with E-state index in [0.717, 1.165) is 10.9 Å². The molecule has 0 aliphatic rings. The molecule has 33 heavy (non-hydrogen) atoms. The molecule has 2 amide bonds. The molecule has 2 unspecified atom stereocenters. The molecule has 1 aromatic heterocycles. The number of carboxylic acid groups (broad SMARTS) is 1. The molecule has 0 spiro atoms. The number of amides is 2. The third-order valence-corrected chi connectivity index (χ3v) is 5.91. The van der Waals surface area contributed by atoms with E-state index in [1.165, 1.54) is 0 Å². The zero-order valence-corrected chi connectivity index (χ0v) is 19.2. The highest BCUT2D eigenvalue weighted by Crippen LogP contribution is 2.34. The number of hydrogen-bond acceptors (Lipinski definition) is 3. The summed E-state index contributed by atoms with van der Waals surface area (Å²) in [6.07, 6.45) is 0.285. The predicted octanol–water partition coefficient (Wildman–Crippen LogP) is 4.46. The first-order valence-electron chi connectivity index (χ1n) is 11.2. The Labute approximate surface area is 193 Å². The summed E-state index contributed by atoms with van der Waals surface area (Å²) < 4.78 is 0. The molecule has 0 bridgehead atoms. The molecule has 7 nitrogen and oxygen atoms in total. The van der Waals surface area contributed by atoms with Crippen molar-refractivity contribution in [1.29, 1.82) is 0 Å². The maximum absolute atomic E-state index is 13.7. The van der Waals surface area contributed by atoms with Crippen LogP contribution in [-0.2, 0) is 19.8 Å². The van der Waals surface area contributed by atoms with Gasteiger partial charge in [0.15, 0.2) is 0 Å². The number of carbonyl (C=O) groups excluding carboxylic acids is 2. The zero-order chi connectivity index (χ0) is 24.0. The van der Waals surface area contributed by atoms with Gasteiger partial charge in [-0.1, -0.05) is 57.2 Å². The summed E-state index contributed by atoms with van der Waals surface area (Å²) in [5, 5.41) is 16.3. The van der Waals surface area contributed by atoms with Gasteiger partial charge in [0.1, 0.15) is 6.04 Å². The van der Waals surface area contributed by atoms with Crippen LogP contribution >= 0.6 is 0 Å².